The smallest absolute Gasteiger partial charge is 0.341 e. The number of carbonyl (C=O) groups excluding carboxylic acids is 1. The van der Waals surface area contributed by atoms with Crippen molar-refractivity contribution >= 4 is 5.97 Å². The van der Waals surface area contributed by atoms with E-state index in [-0.39, 0.29) is 12.3 Å². The van der Waals surface area contributed by atoms with Crippen molar-refractivity contribution < 1.29 is 9.53 Å². The quantitative estimate of drug-likeness (QED) is 0.248. The Balaban J connectivity index is 1.53. The first-order chi connectivity index (χ1) is 19.5. The summed E-state index contributed by atoms with van der Waals surface area (Å²) in [6, 6.07) is 13.5. The van der Waals surface area contributed by atoms with Crippen LogP contribution >= 0.6 is 0 Å². The van der Waals surface area contributed by atoms with Crippen LogP contribution in [0.15, 0.2) is 65.8 Å². The van der Waals surface area contributed by atoms with Crippen molar-refractivity contribution in [1.82, 2.24) is 39.3 Å². The van der Waals surface area contributed by atoms with Gasteiger partial charge in [-0.15, -0.1) is 10.2 Å². The number of aromatic nitrogens is 8. The molecule has 40 heavy (non-hydrogen) atoms. The normalized spacial score (nSPS) is 11.2. The molecule has 0 aliphatic rings. The fraction of sp³-hybridized carbons (Fsp3) is 0.310. The standard InChI is InChI=1S/C29H32N8O3/c1-4-7-11-24-19-37(27-25(28(38)40-6-3)13-15-35(27)5-2)29(39)36(24)18-23-17-21(12-14-30-23)20-9-8-10-22(16-20)26-31-33-34-32-26/h8-10,12-17,19H,4-7,11,18H2,1-3H3,(H,31,32,33,34). The van der Waals surface area contributed by atoms with Gasteiger partial charge in [0.1, 0.15) is 11.4 Å². The van der Waals surface area contributed by atoms with Gasteiger partial charge in [0.2, 0.25) is 5.82 Å². The van der Waals surface area contributed by atoms with Crippen LogP contribution < -0.4 is 5.69 Å². The molecule has 0 aliphatic heterocycles. The molecule has 0 saturated carbocycles. The molecule has 0 unspecified atom stereocenters. The van der Waals surface area contributed by atoms with Crippen LogP contribution in [0.1, 0.15) is 55.4 Å². The van der Waals surface area contributed by atoms with Crippen LogP contribution in [-0.2, 0) is 24.2 Å². The summed E-state index contributed by atoms with van der Waals surface area (Å²) in [7, 11) is 0. The maximum atomic E-state index is 13.9. The molecule has 5 aromatic rings. The molecule has 206 valence electrons. The number of H-pyrrole nitrogens is 1. The van der Waals surface area contributed by atoms with E-state index in [0.29, 0.717) is 30.3 Å². The van der Waals surface area contributed by atoms with Gasteiger partial charge in [-0.1, -0.05) is 31.5 Å². The lowest BCUT2D eigenvalue weighted by molar-refractivity contribution is 0.0526. The third kappa shape index (κ3) is 5.35. The van der Waals surface area contributed by atoms with Gasteiger partial charge in [0.05, 0.1) is 18.8 Å². The van der Waals surface area contributed by atoms with E-state index in [4.69, 9.17) is 4.74 Å². The number of aryl methyl sites for hydroxylation is 2. The van der Waals surface area contributed by atoms with Gasteiger partial charge in [-0.05, 0) is 67.3 Å². The number of nitrogens with zero attached hydrogens (tertiary/aromatic N) is 7. The molecule has 1 N–H and O–H groups in total. The highest BCUT2D eigenvalue weighted by atomic mass is 16.5. The van der Waals surface area contributed by atoms with Crippen molar-refractivity contribution in [2.24, 2.45) is 0 Å². The third-order valence-corrected chi connectivity index (χ3v) is 6.78. The zero-order valence-corrected chi connectivity index (χ0v) is 22.9. The highest BCUT2D eigenvalue weighted by Crippen LogP contribution is 2.25. The summed E-state index contributed by atoms with van der Waals surface area (Å²) in [5.74, 6) is 0.586. The monoisotopic (exact) mass is 540 g/mol. The molecule has 0 bridgehead atoms. The minimum atomic E-state index is -0.447. The van der Waals surface area contributed by atoms with Gasteiger partial charge in [-0.2, -0.15) is 5.21 Å². The summed E-state index contributed by atoms with van der Waals surface area (Å²) >= 11 is 0. The van der Waals surface area contributed by atoms with Crippen molar-refractivity contribution in [1.29, 1.82) is 0 Å². The number of hydrogen-bond acceptors (Lipinski definition) is 7. The fourth-order valence-electron chi connectivity index (χ4n) is 4.79. The molecule has 0 atom stereocenters. The first kappa shape index (κ1) is 26.8. The molecule has 5 rings (SSSR count). The van der Waals surface area contributed by atoms with Crippen LogP contribution in [0.2, 0.25) is 0 Å². The fourth-order valence-corrected chi connectivity index (χ4v) is 4.79. The van der Waals surface area contributed by atoms with Gasteiger partial charge >= 0.3 is 11.7 Å². The Morgan fingerprint density at radius 2 is 1.88 bits per heavy atom. The van der Waals surface area contributed by atoms with Gasteiger partial charge in [-0.3, -0.25) is 14.1 Å². The van der Waals surface area contributed by atoms with Gasteiger partial charge < -0.3 is 9.30 Å². The van der Waals surface area contributed by atoms with Crippen LogP contribution in [0.3, 0.4) is 0 Å². The molecule has 11 nitrogen and oxygen atoms in total. The molecular weight excluding hydrogens is 508 g/mol. The molecule has 4 aromatic heterocycles. The molecule has 0 fully saturated rings. The van der Waals surface area contributed by atoms with Gasteiger partial charge in [0.25, 0.3) is 0 Å². The Hall–Kier alpha value is -4.80. The molecule has 11 heteroatoms. The number of rotatable bonds is 11. The maximum Gasteiger partial charge on any atom is 0.341 e. The number of aromatic amines is 1. The van der Waals surface area contributed by atoms with E-state index in [0.717, 1.165) is 47.3 Å². The van der Waals surface area contributed by atoms with Crippen LogP contribution in [-0.4, -0.2) is 51.9 Å². The molecule has 0 saturated heterocycles. The van der Waals surface area contributed by atoms with E-state index in [1.165, 1.54) is 0 Å². The molecule has 0 radical (unpaired) electrons. The van der Waals surface area contributed by atoms with Crippen molar-refractivity contribution in [2.45, 2.75) is 53.1 Å². The summed E-state index contributed by atoms with van der Waals surface area (Å²) in [5.41, 5.74) is 4.55. The molecule has 0 aliphatic carbocycles. The number of nitrogens with one attached hydrogen (secondary N) is 1. The second-order valence-corrected chi connectivity index (χ2v) is 9.37. The van der Waals surface area contributed by atoms with E-state index in [1.807, 2.05) is 60.3 Å². The molecule has 0 amide bonds. The highest BCUT2D eigenvalue weighted by molar-refractivity contribution is 5.93. The van der Waals surface area contributed by atoms with E-state index < -0.39 is 5.97 Å². The lowest BCUT2D eigenvalue weighted by Crippen LogP contribution is -2.27. The number of pyridine rings is 1. The zero-order valence-electron chi connectivity index (χ0n) is 22.9. The van der Waals surface area contributed by atoms with E-state index >= 15 is 0 Å². The summed E-state index contributed by atoms with van der Waals surface area (Å²) in [5, 5.41) is 14.3. The van der Waals surface area contributed by atoms with Crippen molar-refractivity contribution in [3.63, 3.8) is 0 Å². The first-order valence-corrected chi connectivity index (χ1v) is 13.5. The topological polar surface area (TPSA) is 126 Å². The van der Waals surface area contributed by atoms with Gasteiger partial charge in [-0.25, -0.2) is 9.59 Å². The van der Waals surface area contributed by atoms with Gasteiger partial charge in [0.15, 0.2) is 0 Å². The van der Waals surface area contributed by atoms with Crippen molar-refractivity contribution in [3.8, 4) is 28.3 Å². The minimum Gasteiger partial charge on any atom is -0.462 e. The van der Waals surface area contributed by atoms with Crippen LogP contribution in [0.4, 0.5) is 0 Å². The summed E-state index contributed by atoms with van der Waals surface area (Å²) in [4.78, 5) is 31.2. The lowest BCUT2D eigenvalue weighted by atomic mass is 10.0. The largest absolute Gasteiger partial charge is 0.462 e. The van der Waals surface area contributed by atoms with Crippen molar-refractivity contribution in [2.75, 3.05) is 6.61 Å². The number of imidazole rings is 1. The minimum absolute atomic E-state index is 0.226. The predicted molar refractivity (Wildman–Crippen MR) is 150 cm³/mol. The number of tetrazole rings is 1. The first-order valence-electron chi connectivity index (χ1n) is 13.5. The highest BCUT2D eigenvalue weighted by Gasteiger charge is 2.22. The van der Waals surface area contributed by atoms with Crippen LogP contribution in [0.25, 0.3) is 28.3 Å². The zero-order chi connectivity index (χ0) is 28.1. The summed E-state index contributed by atoms with van der Waals surface area (Å²) in [6.45, 7) is 7.01. The van der Waals surface area contributed by atoms with E-state index in [9.17, 15) is 9.59 Å². The second-order valence-electron chi connectivity index (χ2n) is 9.37. The number of hydrogen-bond donors (Lipinski definition) is 1. The number of esters is 1. The Morgan fingerprint density at radius 1 is 1.05 bits per heavy atom. The average molecular weight is 541 g/mol. The Kier molecular flexibility index (Phi) is 7.99. The number of benzene rings is 1. The Morgan fingerprint density at radius 3 is 2.62 bits per heavy atom. The molecule has 1 aromatic carbocycles. The lowest BCUT2D eigenvalue weighted by Gasteiger charge is -2.10. The predicted octanol–water partition coefficient (Wildman–Crippen LogP) is 4.27. The Bertz CT molecular complexity index is 1660. The van der Waals surface area contributed by atoms with Crippen molar-refractivity contribution in [3.05, 3.63) is 88.5 Å². The van der Waals surface area contributed by atoms with E-state index in [1.54, 1.807) is 28.3 Å². The Labute approximate surface area is 231 Å². The average Bonchev–Trinajstić information content (AvgIpc) is 3.72. The van der Waals surface area contributed by atoms with Crippen LogP contribution in [0, 0.1) is 0 Å². The third-order valence-electron chi connectivity index (χ3n) is 6.78. The SMILES string of the molecule is CCCCc1cn(-c2c(C(=O)OCC)ccn2CC)c(=O)n1Cc1cc(-c2cccc(-c3nn[nH]n3)c2)ccn1. The number of ether oxygens (including phenoxy) is 1. The van der Waals surface area contributed by atoms with Gasteiger partial charge in [0, 0.05) is 36.4 Å². The molecule has 0 spiro atoms. The second kappa shape index (κ2) is 11.9. The number of carbonyl (C=O) groups is 1. The maximum absolute atomic E-state index is 13.9. The molecule has 4 heterocycles. The molecular formula is C29H32N8O3. The summed E-state index contributed by atoms with van der Waals surface area (Å²) < 4.78 is 10.5. The van der Waals surface area contributed by atoms with Crippen LogP contribution in [0.5, 0.6) is 0 Å². The van der Waals surface area contributed by atoms with E-state index in [2.05, 4.69) is 32.5 Å². The number of unbranched alkanes of at least 4 members (excludes halogenated alkanes) is 1. The summed E-state index contributed by atoms with van der Waals surface area (Å²) in [6.07, 6.45) is 8.06.